The predicted octanol–water partition coefficient (Wildman–Crippen LogP) is 2.60. The van der Waals surface area contributed by atoms with Gasteiger partial charge in [-0.25, -0.2) is 5.90 Å². The largest absolute Gasteiger partial charge is 0.300 e. The van der Waals surface area contributed by atoms with E-state index in [-0.39, 0.29) is 0 Å². The molecule has 2 rings (SSSR count). The molecule has 1 aromatic carbocycles. The van der Waals surface area contributed by atoms with Gasteiger partial charge in [0.25, 0.3) is 0 Å². The average molecular weight is 193 g/mol. The quantitative estimate of drug-likeness (QED) is 0.744. The van der Waals surface area contributed by atoms with Crippen LogP contribution in [0.25, 0.3) is 10.1 Å². The van der Waals surface area contributed by atoms with Crippen LogP contribution in [-0.2, 0) is 11.4 Å². The van der Waals surface area contributed by atoms with E-state index in [2.05, 4.69) is 23.2 Å². The van der Waals surface area contributed by atoms with E-state index in [1.165, 1.54) is 15.6 Å². The Morgan fingerprint density at radius 1 is 1.46 bits per heavy atom. The Balaban J connectivity index is 2.63. The van der Waals surface area contributed by atoms with Crippen LogP contribution in [0.5, 0.6) is 0 Å². The van der Waals surface area contributed by atoms with Crippen molar-refractivity contribution >= 4 is 21.4 Å². The fourth-order valence-corrected chi connectivity index (χ4v) is 2.50. The molecule has 0 aliphatic carbocycles. The van der Waals surface area contributed by atoms with Gasteiger partial charge in [0.1, 0.15) is 0 Å². The van der Waals surface area contributed by atoms with E-state index in [0.717, 1.165) is 5.56 Å². The molecule has 0 atom stereocenters. The van der Waals surface area contributed by atoms with Crippen LogP contribution in [0.1, 0.15) is 11.1 Å². The van der Waals surface area contributed by atoms with Crippen LogP contribution in [0.4, 0.5) is 0 Å². The van der Waals surface area contributed by atoms with Gasteiger partial charge in [0, 0.05) is 4.70 Å². The lowest BCUT2D eigenvalue weighted by Crippen LogP contribution is -1.98. The molecule has 1 aromatic heterocycles. The minimum absolute atomic E-state index is 0.483. The molecule has 0 spiro atoms. The van der Waals surface area contributed by atoms with Crippen LogP contribution in [0.2, 0.25) is 0 Å². The topological polar surface area (TPSA) is 35.2 Å². The molecule has 0 unspecified atom stereocenters. The van der Waals surface area contributed by atoms with Gasteiger partial charge in [-0.05, 0) is 28.8 Å². The second-order valence-electron chi connectivity index (χ2n) is 3.02. The number of benzene rings is 1. The third-order valence-electron chi connectivity index (χ3n) is 2.11. The first-order valence-corrected chi connectivity index (χ1v) is 4.98. The van der Waals surface area contributed by atoms with Crippen molar-refractivity contribution in [3.63, 3.8) is 0 Å². The number of nitrogens with two attached hydrogens (primary N) is 1. The van der Waals surface area contributed by atoms with Crippen molar-refractivity contribution in [3.8, 4) is 0 Å². The van der Waals surface area contributed by atoms with Gasteiger partial charge in [0.05, 0.1) is 6.61 Å². The SMILES string of the molecule is Cc1csc2c(CON)cccc12. The Labute approximate surface area is 80.9 Å². The van der Waals surface area contributed by atoms with E-state index >= 15 is 0 Å². The zero-order valence-electron chi connectivity index (χ0n) is 7.41. The number of aryl methyl sites for hydroxylation is 1. The molecule has 0 amide bonds. The second kappa shape index (κ2) is 3.46. The van der Waals surface area contributed by atoms with E-state index in [4.69, 9.17) is 5.90 Å². The number of hydrogen-bond donors (Lipinski definition) is 1. The summed E-state index contributed by atoms with van der Waals surface area (Å²) in [6.45, 7) is 2.60. The molecule has 68 valence electrons. The number of fused-ring (bicyclic) bond motifs is 1. The normalized spacial score (nSPS) is 10.9. The van der Waals surface area contributed by atoms with Gasteiger partial charge >= 0.3 is 0 Å². The minimum atomic E-state index is 0.483. The van der Waals surface area contributed by atoms with Crippen LogP contribution >= 0.6 is 11.3 Å². The van der Waals surface area contributed by atoms with Crippen molar-refractivity contribution in [1.82, 2.24) is 0 Å². The van der Waals surface area contributed by atoms with Crippen LogP contribution in [0, 0.1) is 6.92 Å². The summed E-state index contributed by atoms with van der Waals surface area (Å²) >= 11 is 1.74. The molecule has 1 heterocycles. The first-order valence-electron chi connectivity index (χ1n) is 4.10. The van der Waals surface area contributed by atoms with Gasteiger partial charge in [-0.3, -0.25) is 4.84 Å². The molecule has 0 fully saturated rings. The molecule has 0 aliphatic rings. The molecule has 0 saturated heterocycles. The summed E-state index contributed by atoms with van der Waals surface area (Å²) in [5, 5.41) is 3.46. The molecule has 13 heavy (non-hydrogen) atoms. The Morgan fingerprint density at radius 2 is 2.31 bits per heavy atom. The Hall–Kier alpha value is -0.900. The second-order valence-corrected chi connectivity index (χ2v) is 3.90. The minimum Gasteiger partial charge on any atom is -0.300 e. The lowest BCUT2D eigenvalue weighted by Gasteiger charge is -2.00. The van der Waals surface area contributed by atoms with Gasteiger partial charge in [0.2, 0.25) is 0 Å². The summed E-state index contributed by atoms with van der Waals surface area (Å²) in [5.41, 5.74) is 2.48. The van der Waals surface area contributed by atoms with E-state index in [9.17, 15) is 0 Å². The summed E-state index contributed by atoms with van der Waals surface area (Å²) in [4.78, 5) is 4.65. The van der Waals surface area contributed by atoms with Crippen molar-refractivity contribution in [2.75, 3.05) is 0 Å². The first-order chi connectivity index (χ1) is 6.33. The maximum Gasteiger partial charge on any atom is 0.0943 e. The van der Waals surface area contributed by atoms with Gasteiger partial charge < -0.3 is 0 Å². The standard InChI is InChI=1S/C10H11NOS/c1-7-6-13-10-8(5-12-11)3-2-4-9(7)10/h2-4,6H,5,11H2,1H3. The predicted molar refractivity (Wildman–Crippen MR) is 55.5 cm³/mol. The summed E-state index contributed by atoms with van der Waals surface area (Å²) in [6.07, 6.45) is 0. The van der Waals surface area contributed by atoms with Gasteiger partial charge in [0.15, 0.2) is 0 Å². The molecule has 0 aliphatic heterocycles. The molecular formula is C10H11NOS. The third-order valence-corrected chi connectivity index (χ3v) is 3.30. The lowest BCUT2D eigenvalue weighted by molar-refractivity contribution is 0.125. The van der Waals surface area contributed by atoms with E-state index < -0.39 is 0 Å². The number of hydrogen-bond acceptors (Lipinski definition) is 3. The molecule has 2 nitrogen and oxygen atoms in total. The van der Waals surface area contributed by atoms with Crippen molar-refractivity contribution in [3.05, 3.63) is 34.7 Å². The van der Waals surface area contributed by atoms with E-state index in [0.29, 0.717) is 6.61 Å². The summed E-state index contributed by atoms with van der Waals surface area (Å²) in [7, 11) is 0. The van der Waals surface area contributed by atoms with Crippen molar-refractivity contribution in [2.24, 2.45) is 5.90 Å². The molecular weight excluding hydrogens is 182 g/mol. The van der Waals surface area contributed by atoms with Crippen molar-refractivity contribution in [1.29, 1.82) is 0 Å². The third kappa shape index (κ3) is 1.46. The summed E-state index contributed by atoms with van der Waals surface area (Å²) < 4.78 is 1.28. The Bertz CT molecular complexity index is 422. The maximum atomic E-state index is 5.06. The zero-order valence-corrected chi connectivity index (χ0v) is 8.23. The first kappa shape index (κ1) is 8.69. The average Bonchev–Trinajstić information content (AvgIpc) is 2.50. The molecule has 2 N–H and O–H groups in total. The molecule has 0 bridgehead atoms. The fourth-order valence-electron chi connectivity index (χ4n) is 1.45. The monoisotopic (exact) mass is 193 g/mol. The highest BCUT2D eigenvalue weighted by Gasteiger charge is 2.04. The molecule has 0 radical (unpaired) electrons. The van der Waals surface area contributed by atoms with Gasteiger partial charge in [-0.2, -0.15) is 0 Å². The zero-order chi connectivity index (χ0) is 9.26. The van der Waals surface area contributed by atoms with E-state index in [1.54, 1.807) is 11.3 Å². The smallest absolute Gasteiger partial charge is 0.0943 e. The van der Waals surface area contributed by atoms with Crippen LogP contribution in [0.3, 0.4) is 0 Å². The molecule has 0 saturated carbocycles. The van der Waals surface area contributed by atoms with Crippen molar-refractivity contribution in [2.45, 2.75) is 13.5 Å². The molecule has 3 heteroatoms. The number of thiophene rings is 1. The fraction of sp³-hybridized carbons (Fsp3) is 0.200. The van der Waals surface area contributed by atoms with Gasteiger partial charge in [-0.1, -0.05) is 18.2 Å². The van der Waals surface area contributed by atoms with Crippen LogP contribution in [0.15, 0.2) is 23.6 Å². The Morgan fingerprint density at radius 3 is 3.08 bits per heavy atom. The number of rotatable bonds is 2. The Kier molecular flexibility index (Phi) is 2.31. The summed E-state index contributed by atoms with van der Waals surface area (Å²) in [6, 6.07) is 6.21. The van der Waals surface area contributed by atoms with Gasteiger partial charge in [-0.15, -0.1) is 11.3 Å². The van der Waals surface area contributed by atoms with E-state index in [1.807, 2.05) is 12.1 Å². The van der Waals surface area contributed by atoms with Crippen LogP contribution < -0.4 is 5.90 Å². The maximum absolute atomic E-state index is 5.06. The summed E-state index contributed by atoms with van der Waals surface area (Å²) in [5.74, 6) is 5.06. The van der Waals surface area contributed by atoms with Crippen molar-refractivity contribution < 1.29 is 4.84 Å². The lowest BCUT2D eigenvalue weighted by atomic mass is 10.1. The van der Waals surface area contributed by atoms with Crippen LogP contribution in [-0.4, -0.2) is 0 Å². The molecule has 2 aromatic rings. The highest BCUT2D eigenvalue weighted by Crippen LogP contribution is 2.28. The highest BCUT2D eigenvalue weighted by molar-refractivity contribution is 7.17. The highest BCUT2D eigenvalue weighted by atomic mass is 32.1.